The summed E-state index contributed by atoms with van der Waals surface area (Å²) in [4.78, 5) is 19.0. The average molecular weight is 376 g/mol. The molecule has 5 heteroatoms. The van der Waals surface area contributed by atoms with Crippen LogP contribution in [0.1, 0.15) is 16.7 Å². The van der Waals surface area contributed by atoms with Gasteiger partial charge in [-0.1, -0.05) is 53.6 Å². The standard InChI is InChI=1S/C22H18ClN3O/c1-15-6-12-19(13-7-15)26-14-16-4-2-3-5-20(16)21(26)25-22(27)24-18-10-8-17(23)9-11-18/h2-13H,14H2,1H3,(H,24,27)/b25-21-. The van der Waals surface area contributed by atoms with Crippen LogP contribution in [-0.4, -0.2) is 11.9 Å². The lowest BCUT2D eigenvalue weighted by atomic mass is 10.1. The van der Waals surface area contributed by atoms with Crippen LogP contribution in [-0.2, 0) is 6.54 Å². The minimum atomic E-state index is -0.416. The predicted molar refractivity (Wildman–Crippen MR) is 111 cm³/mol. The highest BCUT2D eigenvalue weighted by atomic mass is 35.5. The van der Waals surface area contributed by atoms with E-state index < -0.39 is 6.03 Å². The number of nitrogens with one attached hydrogen (secondary N) is 1. The van der Waals surface area contributed by atoms with Gasteiger partial charge in [0.1, 0.15) is 5.84 Å². The maximum atomic E-state index is 12.5. The van der Waals surface area contributed by atoms with E-state index in [1.54, 1.807) is 24.3 Å². The number of benzene rings is 3. The molecule has 0 saturated carbocycles. The van der Waals surface area contributed by atoms with Crippen molar-refractivity contribution < 1.29 is 4.79 Å². The highest BCUT2D eigenvalue weighted by Crippen LogP contribution is 2.29. The number of carbonyl (C=O) groups is 1. The first-order chi connectivity index (χ1) is 13.1. The second-order valence-corrected chi connectivity index (χ2v) is 6.89. The first-order valence-electron chi connectivity index (χ1n) is 8.68. The van der Waals surface area contributed by atoms with Crippen LogP contribution in [0.3, 0.4) is 0 Å². The van der Waals surface area contributed by atoms with Gasteiger partial charge in [-0.05, 0) is 48.9 Å². The fraction of sp³-hybridized carbons (Fsp3) is 0.0909. The molecule has 0 atom stereocenters. The minimum Gasteiger partial charge on any atom is -0.321 e. The molecule has 134 valence electrons. The predicted octanol–water partition coefficient (Wildman–Crippen LogP) is 5.65. The van der Waals surface area contributed by atoms with Crippen LogP contribution in [0.4, 0.5) is 16.2 Å². The van der Waals surface area contributed by atoms with Crippen LogP contribution < -0.4 is 10.2 Å². The number of amides is 2. The Morgan fingerprint density at radius 2 is 1.70 bits per heavy atom. The van der Waals surface area contributed by atoms with E-state index in [0.29, 0.717) is 23.1 Å². The molecule has 1 heterocycles. The van der Waals surface area contributed by atoms with Crippen LogP contribution in [0.2, 0.25) is 5.02 Å². The monoisotopic (exact) mass is 375 g/mol. The number of fused-ring (bicyclic) bond motifs is 1. The molecule has 27 heavy (non-hydrogen) atoms. The summed E-state index contributed by atoms with van der Waals surface area (Å²) in [5.41, 5.74) is 4.98. The first-order valence-corrected chi connectivity index (χ1v) is 9.06. The van der Waals surface area contributed by atoms with Crippen LogP contribution in [0.15, 0.2) is 77.8 Å². The average Bonchev–Trinajstić information content (AvgIpc) is 3.03. The maximum absolute atomic E-state index is 12.5. The van der Waals surface area contributed by atoms with Gasteiger partial charge in [0.2, 0.25) is 0 Å². The Hall–Kier alpha value is -3.11. The molecule has 1 N–H and O–H groups in total. The molecule has 0 aromatic heterocycles. The van der Waals surface area contributed by atoms with Crippen LogP contribution in [0.5, 0.6) is 0 Å². The van der Waals surface area contributed by atoms with Gasteiger partial charge in [-0.3, -0.25) is 0 Å². The summed E-state index contributed by atoms with van der Waals surface area (Å²) in [7, 11) is 0. The molecule has 3 aromatic rings. The minimum absolute atomic E-state index is 0.416. The number of rotatable bonds is 2. The zero-order valence-corrected chi connectivity index (χ0v) is 15.6. The number of nitrogens with zero attached hydrogens (tertiary/aromatic N) is 2. The smallest absolute Gasteiger partial charge is 0.321 e. The Kier molecular flexibility index (Phi) is 4.65. The third kappa shape index (κ3) is 3.71. The van der Waals surface area contributed by atoms with Crippen molar-refractivity contribution >= 4 is 34.8 Å². The summed E-state index contributed by atoms with van der Waals surface area (Å²) >= 11 is 5.89. The van der Waals surface area contributed by atoms with Gasteiger partial charge >= 0.3 is 6.03 Å². The van der Waals surface area contributed by atoms with Crippen LogP contribution in [0.25, 0.3) is 0 Å². The number of aryl methyl sites for hydroxylation is 1. The van der Waals surface area contributed by atoms with E-state index in [9.17, 15) is 4.79 Å². The van der Waals surface area contributed by atoms with Crippen molar-refractivity contribution in [1.29, 1.82) is 0 Å². The van der Waals surface area contributed by atoms with Gasteiger partial charge in [0.15, 0.2) is 0 Å². The third-order valence-corrected chi connectivity index (χ3v) is 4.74. The first kappa shape index (κ1) is 17.3. The molecule has 0 spiro atoms. The summed E-state index contributed by atoms with van der Waals surface area (Å²) < 4.78 is 0. The summed E-state index contributed by atoms with van der Waals surface area (Å²) in [6.07, 6.45) is 0. The summed E-state index contributed by atoms with van der Waals surface area (Å²) in [5.74, 6) is 0.654. The van der Waals surface area contributed by atoms with Gasteiger partial charge in [0.05, 0.1) is 6.54 Å². The molecule has 0 fully saturated rings. The Morgan fingerprint density at radius 1 is 1.00 bits per heavy atom. The number of halogens is 1. The SMILES string of the molecule is Cc1ccc(N2Cc3ccccc3/C2=N/C(=O)Nc2ccc(Cl)cc2)cc1. The maximum Gasteiger partial charge on any atom is 0.347 e. The molecule has 0 radical (unpaired) electrons. The van der Waals surface area contributed by atoms with E-state index in [0.717, 1.165) is 16.8 Å². The van der Waals surface area contributed by atoms with Gasteiger partial charge in [0.25, 0.3) is 0 Å². The molecule has 0 unspecified atom stereocenters. The van der Waals surface area contributed by atoms with E-state index in [4.69, 9.17) is 11.6 Å². The molecule has 2 amide bonds. The number of aliphatic imine (C=N–C) groups is 1. The van der Waals surface area contributed by atoms with Gasteiger partial charge in [-0.15, -0.1) is 0 Å². The summed E-state index contributed by atoms with van der Waals surface area (Å²) in [5, 5.41) is 3.42. The number of urea groups is 1. The topological polar surface area (TPSA) is 44.7 Å². The number of amidine groups is 1. The lowest BCUT2D eigenvalue weighted by Gasteiger charge is -2.19. The highest BCUT2D eigenvalue weighted by Gasteiger charge is 2.27. The van der Waals surface area contributed by atoms with Gasteiger partial charge < -0.3 is 10.2 Å². The van der Waals surface area contributed by atoms with E-state index in [2.05, 4.69) is 40.3 Å². The number of hydrogen-bond donors (Lipinski definition) is 1. The largest absolute Gasteiger partial charge is 0.347 e. The molecule has 1 aliphatic rings. The number of hydrogen-bond acceptors (Lipinski definition) is 1. The lowest BCUT2D eigenvalue weighted by Crippen LogP contribution is -2.26. The molecule has 0 saturated heterocycles. The zero-order valence-electron chi connectivity index (χ0n) is 14.8. The van der Waals surface area contributed by atoms with Crippen molar-refractivity contribution in [3.05, 3.63) is 94.5 Å². The summed E-state index contributed by atoms with van der Waals surface area (Å²) in [6, 6.07) is 22.8. The molecule has 4 nitrogen and oxygen atoms in total. The lowest BCUT2D eigenvalue weighted by molar-refractivity contribution is 0.259. The van der Waals surface area contributed by atoms with Crippen LogP contribution in [0, 0.1) is 6.92 Å². The fourth-order valence-electron chi connectivity index (χ4n) is 3.11. The molecule has 0 bridgehead atoms. The number of carbonyl (C=O) groups excluding carboxylic acids is 1. The van der Waals surface area contributed by atoms with Crippen molar-refractivity contribution in [2.75, 3.05) is 10.2 Å². The Balaban J connectivity index is 1.67. The van der Waals surface area contributed by atoms with Crippen molar-refractivity contribution in [3.63, 3.8) is 0 Å². The van der Waals surface area contributed by atoms with Gasteiger partial charge in [0, 0.05) is 22.0 Å². The van der Waals surface area contributed by atoms with Crippen molar-refractivity contribution in [1.82, 2.24) is 0 Å². The second kappa shape index (κ2) is 7.25. The van der Waals surface area contributed by atoms with E-state index >= 15 is 0 Å². The third-order valence-electron chi connectivity index (χ3n) is 4.49. The molecular formula is C22H18ClN3O. The quantitative estimate of drug-likeness (QED) is 0.629. The Morgan fingerprint density at radius 3 is 2.44 bits per heavy atom. The fourth-order valence-corrected chi connectivity index (χ4v) is 3.23. The van der Waals surface area contributed by atoms with Crippen molar-refractivity contribution in [3.8, 4) is 0 Å². The normalized spacial score (nSPS) is 14.3. The molecule has 0 aliphatic carbocycles. The van der Waals surface area contributed by atoms with Crippen molar-refractivity contribution in [2.45, 2.75) is 13.5 Å². The van der Waals surface area contributed by atoms with Gasteiger partial charge in [-0.2, -0.15) is 4.99 Å². The summed E-state index contributed by atoms with van der Waals surface area (Å²) in [6.45, 7) is 2.74. The Labute approximate surface area is 163 Å². The molecular weight excluding hydrogens is 358 g/mol. The molecule has 4 rings (SSSR count). The number of anilines is 2. The Bertz CT molecular complexity index is 1010. The van der Waals surface area contributed by atoms with E-state index in [1.165, 1.54) is 5.56 Å². The zero-order chi connectivity index (χ0) is 18.8. The molecule has 1 aliphatic heterocycles. The van der Waals surface area contributed by atoms with E-state index in [1.807, 2.05) is 30.3 Å². The molecule has 3 aromatic carbocycles. The van der Waals surface area contributed by atoms with Gasteiger partial charge in [-0.25, -0.2) is 4.79 Å². The van der Waals surface area contributed by atoms with E-state index in [-0.39, 0.29) is 0 Å². The van der Waals surface area contributed by atoms with Crippen molar-refractivity contribution in [2.24, 2.45) is 4.99 Å². The highest BCUT2D eigenvalue weighted by molar-refractivity contribution is 6.30. The van der Waals surface area contributed by atoms with Crippen LogP contribution >= 0.6 is 11.6 Å². The second-order valence-electron chi connectivity index (χ2n) is 6.45.